The number of rotatable bonds is 4. The highest BCUT2D eigenvalue weighted by atomic mass is 16.2. The Balaban J connectivity index is 2.27. The van der Waals surface area contributed by atoms with Gasteiger partial charge in [-0.1, -0.05) is 39.0 Å². The number of aromatic nitrogens is 1. The second kappa shape index (κ2) is 7.87. The van der Waals surface area contributed by atoms with Crippen LogP contribution in [0.5, 0.6) is 0 Å². The Morgan fingerprint density at radius 1 is 1.15 bits per heavy atom. The highest BCUT2D eigenvalue weighted by molar-refractivity contribution is 6.04. The summed E-state index contributed by atoms with van der Waals surface area (Å²) < 4.78 is 0. The average molecular weight is 351 g/mol. The van der Waals surface area contributed by atoms with Gasteiger partial charge in [0.05, 0.1) is 0 Å². The fraction of sp³-hybridized carbons (Fsp3) is 0.238. The number of amides is 1. The van der Waals surface area contributed by atoms with Crippen LogP contribution >= 0.6 is 0 Å². The molecule has 5 nitrogen and oxygen atoms in total. The van der Waals surface area contributed by atoms with Gasteiger partial charge < -0.3 is 16.0 Å². The van der Waals surface area contributed by atoms with Crippen LogP contribution in [0.15, 0.2) is 59.7 Å². The van der Waals surface area contributed by atoms with Crippen molar-refractivity contribution in [3.05, 3.63) is 81.9 Å². The molecule has 1 aromatic heterocycles. The van der Waals surface area contributed by atoms with E-state index < -0.39 is 0 Å². The van der Waals surface area contributed by atoms with Gasteiger partial charge in [0.25, 0.3) is 11.5 Å². The SMILES string of the molecule is C/C=C(\C=C/N)c1c[nH]c(=O)c(NC(=O)c2ccc(C(C)(C)C)cc2)c1. The highest BCUT2D eigenvalue weighted by Crippen LogP contribution is 2.22. The second-order valence-corrected chi connectivity index (χ2v) is 7.02. The van der Waals surface area contributed by atoms with E-state index in [1.807, 2.05) is 25.1 Å². The van der Waals surface area contributed by atoms with Gasteiger partial charge in [-0.05, 0) is 59.5 Å². The third-order valence-corrected chi connectivity index (χ3v) is 4.08. The highest BCUT2D eigenvalue weighted by Gasteiger charge is 2.15. The van der Waals surface area contributed by atoms with E-state index in [0.29, 0.717) is 5.56 Å². The predicted molar refractivity (Wildman–Crippen MR) is 107 cm³/mol. The van der Waals surface area contributed by atoms with Crippen molar-refractivity contribution in [3.63, 3.8) is 0 Å². The zero-order valence-electron chi connectivity index (χ0n) is 15.6. The van der Waals surface area contributed by atoms with Crippen LogP contribution in [0.2, 0.25) is 0 Å². The standard InChI is InChI=1S/C21H25N3O2/c1-5-14(10-11-22)16-12-18(20(26)23-13-16)24-19(25)15-6-8-17(9-7-15)21(2,3)4/h5-13H,22H2,1-4H3,(H,23,26)(H,24,25)/b11-10-,14-5+. The predicted octanol–water partition coefficient (Wildman–Crippen LogP) is 3.80. The largest absolute Gasteiger partial charge is 0.405 e. The van der Waals surface area contributed by atoms with E-state index in [2.05, 4.69) is 31.1 Å². The van der Waals surface area contributed by atoms with Crippen LogP contribution < -0.4 is 16.6 Å². The summed E-state index contributed by atoms with van der Waals surface area (Å²) in [6.07, 6.45) is 6.61. The molecule has 2 aromatic rings. The quantitative estimate of drug-likeness (QED) is 0.732. The van der Waals surface area contributed by atoms with Crippen LogP contribution in [0.4, 0.5) is 5.69 Å². The first-order valence-electron chi connectivity index (χ1n) is 8.46. The molecule has 1 aromatic carbocycles. The molecular weight excluding hydrogens is 326 g/mol. The summed E-state index contributed by atoms with van der Waals surface area (Å²) in [6.45, 7) is 8.21. The Morgan fingerprint density at radius 2 is 1.81 bits per heavy atom. The number of nitrogens with one attached hydrogen (secondary N) is 2. The van der Waals surface area contributed by atoms with E-state index in [0.717, 1.165) is 16.7 Å². The molecule has 26 heavy (non-hydrogen) atoms. The molecule has 1 heterocycles. The number of nitrogens with two attached hydrogens (primary N) is 1. The zero-order chi connectivity index (χ0) is 19.3. The number of allylic oxidation sites excluding steroid dienone is 3. The maximum Gasteiger partial charge on any atom is 0.271 e. The van der Waals surface area contributed by atoms with E-state index in [4.69, 9.17) is 5.73 Å². The summed E-state index contributed by atoms with van der Waals surface area (Å²) in [5, 5.41) is 2.68. The van der Waals surface area contributed by atoms with E-state index in [1.165, 1.54) is 6.20 Å². The number of anilines is 1. The van der Waals surface area contributed by atoms with Gasteiger partial charge in [0.2, 0.25) is 0 Å². The lowest BCUT2D eigenvalue weighted by atomic mass is 9.87. The maximum absolute atomic E-state index is 12.5. The summed E-state index contributed by atoms with van der Waals surface area (Å²) >= 11 is 0. The first-order chi connectivity index (χ1) is 12.3. The summed E-state index contributed by atoms with van der Waals surface area (Å²) in [5.74, 6) is -0.329. The first-order valence-corrected chi connectivity index (χ1v) is 8.46. The monoisotopic (exact) mass is 351 g/mol. The van der Waals surface area contributed by atoms with Gasteiger partial charge in [-0.15, -0.1) is 0 Å². The van der Waals surface area contributed by atoms with Crippen molar-refractivity contribution < 1.29 is 4.79 Å². The number of hydrogen-bond acceptors (Lipinski definition) is 3. The molecule has 136 valence electrons. The first kappa shape index (κ1) is 19.2. The summed E-state index contributed by atoms with van der Waals surface area (Å²) in [6, 6.07) is 9.03. The number of pyridine rings is 1. The molecule has 0 aliphatic carbocycles. The summed E-state index contributed by atoms with van der Waals surface area (Å²) in [7, 11) is 0. The summed E-state index contributed by atoms with van der Waals surface area (Å²) in [4.78, 5) is 27.2. The van der Waals surface area contributed by atoms with E-state index >= 15 is 0 Å². The molecule has 0 atom stereocenters. The molecule has 5 heteroatoms. The lowest BCUT2D eigenvalue weighted by Crippen LogP contribution is -2.20. The minimum atomic E-state index is -0.361. The Hall–Kier alpha value is -3.08. The fourth-order valence-corrected chi connectivity index (χ4v) is 2.52. The summed E-state index contributed by atoms with van der Waals surface area (Å²) in [5.41, 5.74) is 8.53. The van der Waals surface area contributed by atoms with Crippen LogP contribution in [0.25, 0.3) is 5.57 Å². The number of carbonyl (C=O) groups excluding carboxylic acids is 1. The third-order valence-electron chi connectivity index (χ3n) is 4.08. The van der Waals surface area contributed by atoms with Crippen LogP contribution in [0.1, 0.15) is 49.2 Å². The molecule has 4 N–H and O–H groups in total. The minimum Gasteiger partial charge on any atom is -0.405 e. The minimum absolute atomic E-state index is 0.0138. The molecule has 0 radical (unpaired) electrons. The van der Waals surface area contributed by atoms with Gasteiger partial charge >= 0.3 is 0 Å². The second-order valence-electron chi connectivity index (χ2n) is 7.02. The Bertz CT molecular complexity index is 898. The van der Waals surface area contributed by atoms with Crippen LogP contribution in [0, 0.1) is 0 Å². The molecule has 0 fully saturated rings. The molecule has 0 unspecified atom stereocenters. The zero-order valence-corrected chi connectivity index (χ0v) is 15.6. The van der Waals surface area contributed by atoms with Crippen molar-refractivity contribution in [1.29, 1.82) is 0 Å². The van der Waals surface area contributed by atoms with Crippen LogP contribution in [-0.2, 0) is 5.41 Å². The van der Waals surface area contributed by atoms with Crippen molar-refractivity contribution in [2.45, 2.75) is 33.1 Å². The Morgan fingerprint density at radius 3 is 2.35 bits per heavy atom. The van der Waals surface area contributed by atoms with Gasteiger partial charge in [-0.2, -0.15) is 0 Å². The van der Waals surface area contributed by atoms with E-state index in [1.54, 1.807) is 30.5 Å². The molecule has 0 saturated heterocycles. The molecule has 0 aliphatic rings. The lowest BCUT2D eigenvalue weighted by molar-refractivity contribution is 0.102. The van der Waals surface area contributed by atoms with Crippen molar-refractivity contribution in [1.82, 2.24) is 4.98 Å². The molecule has 0 saturated carbocycles. The lowest BCUT2D eigenvalue weighted by Gasteiger charge is -2.19. The van der Waals surface area contributed by atoms with Crippen molar-refractivity contribution in [2.24, 2.45) is 5.73 Å². The molecule has 1 amide bonds. The molecule has 0 spiro atoms. The number of hydrogen-bond donors (Lipinski definition) is 3. The number of aromatic amines is 1. The number of H-pyrrole nitrogens is 1. The van der Waals surface area contributed by atoms with Gasteiger partial charge in [0, 0.05) is 11.8 Å². The molecule has 0 aliphatic heterocycles. The number of carbonyl (C=O) groups is 1. The normalized spacial score (nSPS) is 12.4. The topological polar surface area (TPSA) is 88.0 Å². The average Bonchev–Trinajstić information content (AvgIpc) is 2.61. The van der Waals surface area contributed by atoms with Crippen LogP contribution in [0.3, 0.4) is 0 Å². The Kier molecular flexibility index (Phi) is 5.82. The fourth-order valence-electron chi connectivity index (χ4n) is 2.52. The van der Waals surface area contributed by atoms with Gasteiger partial charge in [0.15, 0.2) is 0 Å². The number of benzene rings is 1. The van der Waals surface area contributed by atoms with E-state index in [9.17, 15) is 9.59 Å². The third kappa shape index (κ3) is 4.51. The van der Waals surface area contributed by atoms with Crippen molar-refractivity contribution in [2.75, 3.05) is 5.32 Å². The van der Waals surface area contributed by atoms with Gasteiger partial charge in [-0.3, -0.25) is 9.59 Å². The van der Waals surface area contributed by atoms with Crippen molar-refractivity contribution >= 4 is 17.2 Å². The molecular formula is C21H25N3O2. The van der Waals surface area contributed by atoms with Gasteiger partial charge in [0.1, 0.15) is 5.69 Å². The van der Waals surface area contributed by atoms with Crippen LogP contribution in [-0.4, -0.2) is 10.9 Å². The molecule has 2 rings (SSSR count). The van der Waals surface area contributed by atoms with Gasteiger partial charge in [-0.25, -0.2) is 0 Å². The Labute approximate surface area is 153 Å². The van der Waals surface area contributed by atoms with Crippen molar-refractivity contribution in [3.8, 4) is 0 Å². The smallest absolute Gasteiger partial charge is 0.271 e. The maximum atomic E-state index is 12.5. The molecule has 0 bridgehead atoms. The van der Waals surface area contributed by atoms with E-state index in [-0.39, 0.29) is 22.6 Å².